The molecule has 0 atom stereocenters. The lowest BCUT2D eigenvalue weighted by Gasteiger charge is -2.26. The molecule has 42 heavy (non-hydrogen) atoms. The first-order valence-electron chi connectivity index (χ1n) is 13.5. The number of aromatic nitrogens is 1. The van der Waals surface area contributed by atoms with Gasteiger partial charge in [0, 0.05) is 30.3 Å². The molecule has 2 heterocycles. The summed E-state index contributed by atoms with van der Waals surface area (Å²) < 4.78 is 47.3. The Kier molecular flexibility index (Phi) is 8.76. The predicted molar refractivity (Wildman–Crippen MR) is 158 cm³/mol. The zero-order valence-electron chi connectivity index (χ0n) is 23.5. The number of esters is 1. The van der Waals surface area contributed by atoms with Crippen LogP contribution in [0.4, 0.5) is 0 Å². The van der Waals surface area contributed by atoms with Gasteiger partial charge in [0.15, 0.2) is 16.3 Å². The van der Waals surface area contributed by atoms with E-state index in [-0.39, 0.29) is 41.0 Å². The molecule has 0 bridgehead atoms. The fraction of sp³-hybridized carbons (Fsp3) is 0.300. The number of rotatable bonds is 9. The zero-order valence-corrected chi connectivity index (χ0v) is 25.1. The Bertz CT molecular complexity index is 1780. The van der Waals surface area contributed by atoms with Crippen LogP contribution in [0.25, 0.3) is 10.2 Å². The summed E-state index contributed by atoms with van der Waals surface area (Å²) in [6, 6.07) is 18.4. The molecular weight excluding hydrogens is 578 g/mol. The molecule has 1 aliphatic heterocycles. The lowest BCUT2D eigenvalue weighted by atomic mass is 10.2. The van der Waals surface area contributed by atoms with E-state index < -0.39 is 21.9 Å². The second kappa shape index (κ2) is 12.5. The second-order valence-corrected chi connectivity index (χ2v) is 12.7. The third-order valence-electron chi connectivity index (χ3n) is 6.60. The minimum absolute atomic E-state index is 0.0773. The van der Waals surface area contributed by atoms with Crippen LogP contribution in [0.15, 0.2) is 76.6 Å². The van der Waals surface area contributed by atoms with Gasteiger partial charge >= 0.3 is 5.97 Å². The van der Waals surface area contributed by atoms with E-state index in [1.165, 1.54) is 39.9 Å². The highest BCUT2D eigenvalue weighted by Gasteiger charge is 2.27. The number of benzene rings is 3. The maximum Gasteiger partial charge on any atom is 0.326 e. The molecule has 0 N–H and O–H groups in total. The molecule has 1 aromatic heterocycles. The average molecular weight is 610 g/mol. The number of amides is 1. The van der Waals surface area contributed by atoms with Crippen LogP contribution in [0.5, 0.6) is 11.5 Å². The normalized spacial score (nSPS) is 13.6. The summed E-state index contributed by atoms with van der Waals surface area (Å²) in [5, 5.41) is 0. The quantitative estimate of drug-likeness (QED) is 0.259. The first-order valence-corrected chi connectivity index (χ1v) is 15.8. The summed E-state index contributed by atoms with van der Waals surface area (Å²) in [7, 11) is -3.84. The summed E-state index contributed by atoms with van der Waals surface area (Å²) in [4.78, 5) is 30.4. The Morgan fingerprint density at radius 2 is 1.69 bits per heavy atom. The van der Waals surface area contributed by atoms with Crippen LogP contribution in [0.2, 0.25) is 0 Å². The van der Waals surface area contributed by atoms with E-state index in [9.17, 15) is 18.0 Å². The van der Waals surface area contributed by atoms with E-state index in [1.807, 2.05) is 44.2 Å². The van der Waals surface area contributed by atoms with E-state index in [4.69, 9.17) is 14.2 Å². The monoisotopic (exact) mass is 609 g/mol. The number of hydrogen-bond donors (Lipinski definition) is 0. The molecule has 0 fully saturated rings. The zero-order chi connectivity index (χ0) is 29.9. The van der Waals surface area contributed by atoms with Crippen molar-refractivity contribution in [2.24, 2.45) is 4.99 Å². The van der Waals surface area contributed by atoms with Crippen molar-refractivity contribution in [3.8, 4) is 11.5 Å². The van der Waals surface area contributed by atoms with Crippen molar-refractivity contribution >= 4 is 43.5 Å². The number of carbonyl (C=O) groups excluding carboxylic acids is 2. The smallest absolute Gasteiger partial charge is 0.326 e. The molecule has 5 rings (SSSR count). The molecule has 0 spiro atoms. The van der Waals surface area contributed by atoms with Gasteiger partial charge < -0.3 is 18.8 Å². The van der Waals surface area contributed by atoms with Gasteiger partial charge in [0.05, 0.1) is 21.7 Å². The Morgan fingerprint density at radius 1 is 1.02 bits per heavy atom. The van der Waals surface area contributed by atoms with Gasteiger partial charge in [0.25, 0.3) is 5.91 Å². The summed E-state index contributed by atoms with van der Waals surface area (Å²) in [6.07, 6.45) is 0. The van der Waals surface area contributed by atoms with Crippen LogP contribution < -0.4 is 14.3 Å². The van der Waals surface area contributed by atoms with E-state index in [1.54, 1.807) is 23.6 Å². The summed E-state index contributed by atoms with van der Waals surface area (Å²) >= 11 is 1.22. The van der Waals surface area contributed by atoms with Gasteiger partial charge in [-0.1, -0.05) is 41.7 Å². The number of nitrogens with zero attached hydrogens (tertiary/aromatic N) is 3. The third kappa shape index (κ3) is 6.25. The van der Waals surface area contributed by atoms with Crippen molar-refractivity contribution in [1.82, 2.24) is 8.87 Å². The Labute approximate surface area is 247 Å². The molecule has 1 amide bonds. The van der Waals surface area contributed by atoms with E-state index in [2.05, 4.69) is 4.99 Å². The Balaban J connectivity index is 1.47. The van der Waals surface area contributed by atoms with Crippen molar-refractivity contribution in [2.75, 3.05) is 19.8 Å². The SMILES string of the molecule is CCOC(=O)Cn1c(=NC(=O)c2ccc(S(=O)(=O)N(Cc3ccccc3)C(C)C)cc2)sc2cc3c(cc21)OCCO3. The fourth-order valence-electron chi connectivity index (χ4n) is 4.55. The summed E-state index contributed by atoms with van der Waals surface area (Å²) in [5.74, 6) is 0.0725. The van der Waals surface area contributed by atoms with Gasteiger partial charge in [-0.2, -0.15) is 9.30 Å². The molecule has 12 heteroatoms. The molecule has 0 aliphatic carbocycles. The van der Waals surface area contributed by atoms with Crippen molar-refractivity contribution in [3.05, 3.63) is 82.7 Å². The number of hydrogen-bond acceptors (Lipinski definition) is 8. The average Bonchev–Trinajstić information content (AvgIpc) is 3.30. The standard InChI is InChI=1S/C30H31N3O7S2/c1-4-38-28(34)19-32-24-16-25-26(40-15-14-39-25)17-27(24)41-30(32)31-29(35)22-10-12-23(13-11-22)42(36,37)33(20(2)3)18-21-8-6-5-7-9-21/h5-13,16-17,20H,4,14-15,18-19H2,1-3H3. The lowest BCUT2D eigenvalue weighted by molar-refractivity contribution is -0.143. The molecule has 3 aromatic carbocycles. The maximum absolute atomic E-state index is 13.5. The number of sulfonamides is 1. The molecule has 10 nitrogen and oxygen atoms in total. The maximum atomic E-state index is 13.5. The summed E-state index contributed by atoms with van der Waals surface area (Å²) in [6.45, 7) is 6.49. The molecule has 0 radical (unpaired) electrons. The number of ether oxygens (including phenoxy) is 3. The van der Waals surface area contributed by atoms with Gasteiger partial charge in [-0.3, -0.25) is 9.59 Å². The van der Waals surface area contributed by atoms with Gasteiger partial charge in [-0.15, -0.1) is 0 Å². The first kappa shape index (κ1) is 29.5. The van der Waals surface area contributed by atoms with E-state index in [0.717, 1.165) is 10.3 Å². The molecule has 0 saturated carbocycles. The van der Waals surface area contributed by atoms with Crippen LogP contribution >= 0.6 is 11.3 Å². The highest BCUT2D eigenvalue weighted by atomic mass is 32.2. The van der Waals surface area contributed by atoms with Crippen molar-refractivity contribution in [3.63, 3.8) is 0 Å². The van der Waals surface area contributed by atoms with Crippen molar-refractivity contribution in [1.29, 1.82) is 0 Å². The first-order chi connectivity index (χ1) is 20.2. The number of fused-ring (bicyclic) bond motifs is 2. The van der Waals surface area contributed by atoms with Crippen LogP contribution in [-0.2, 0) is 32.6 Å². The minimum atomic E-state index is -3.84. The van der Waals surface area contributed by atoms with Gasteiger partial charge in [-0.05, 0) is 50.6 Å². The molecule has 1 aliphatic rings. The Morgan fingerprint density at radius 3 is 2.33 bits per heavy atom. The topological polar surface area (TPSA) is 117 Å². The van der Waals surface area contributed by atoms with Gasteiger partial charge in [-0.25, -0.2) is 8.42 Å². The predicted octanol–water partition coefficient (Wildman–Crippen LogP) is 4.38. The van der Waals surface area contributed by atoms with Crippen LogP contribution in [0, 0.1) is 0 Å². The highest BCUT2D eigenvalue weighted by Crippen LogP contribution is 2.35. The van der Waals surface area contributed by atoms with Crippen molar-refractivity contribution in [2.45, 2.75) is 44.8 Å². The fourth-order valence-corrected chi connectivity index (χ4v) is 7.21. The second-order valence-electron chi connectivity index (χ2n) is 9.81. The van der Waals surface area contributed by atoms with Crippen molar-refractivity contribution < 1.29 is 32.2 Å². The number of carbonyl (C=O) groups is 2. The lowest BCUT2D eigenvalue weighted by Crippen LogP contribution is -2.36. The Hall–Kier alpha value is -4.00. The van der Waals surface area contributed by atoms with Crippen LogP contribution in [0.1, 0.15) is 36.7 Å². The van der Waals surface area contributed by atoms with E-state index >= 15 is 0 Å². The molecule has 220 valence electrons. The molecule has 4 aromatic rings. The number of thiazole rings is 1. The third-order valence-corrected chi connectivity index (χ3v) is 9.68. The van der Waals surface area contributed by atoms with E-state index in [0.29, 0.717) is 30.2 Å². The van der Waals surface area contributed by atoms with Gasteiger partial charge in [0.1, 0.15) is 19.8 Å². The summed E-state index contributed by atoms with van der Waals surface area (Å²) in [5.41, 5.74) is 1.73. The van der Waals surface area contributed by atoms with Crippen LogP contribution in [0.3, 0.4) is 0 Å². The van der Waals surface area contributed by atoms with Crippen LogP contribution in [-0.4, -0.2) is 55.0 Å². The molecular formula is C30H31N3O7S2. The highest BCUT2D eigenvalue weighted by molar-refractivity contribution is 7.89. The van der Waals surface area contributed by atoms with Gasteiger partial charge in [0.2, 0.25) is 10.0 Å². The minimum Gasteiger partial charge on any atom is -0.486 e. The molecule has 0 unspecified atom stereocenters. The molecule has 0 saturated heterocycles. The largest absolute Gasteiger partial charge is 0.486 e.